The lowest BCUT2D eigenvalue weighted by Crippen LogP contribution is -2.08. The van der Waals surface area contributed by atoms with Crippen LogP contribution in [0.1, 0.15) is 5.56 Å². The molecule has 0 saturated carbocycles. The van der Waals surface area contributed by atoms with Gasteiger partial charge in [0.2, 0.25) is 5.88 Å². The molecule has 0 saturated heterocycles. The van der Waals surface area contributed by atoms with Crippen LogP contribution in [0, 0.1) is 5.82 Å². The second kappa shape index (κ2) is 6.68. The fourth-order valence-corrected chi connectivity index (χ4v) is 2.21. The number of halogens is 5. The van der Waals surface area contributed by atoms with Crippen LogP contribution in [-0.4, -0.2) is 9.97 Å². The van der Waals surface area contributed by atoms with Crippen LogP contribution in [0.2, 0.25) is 5.02 Å². The molecule has 2 aromatic carbocycles. The van der Waals surface area contributed by atoms with E-state index in [0.29, 0.717) is 22.8 Å². The number of ether oxygens (including phenoxy) is 1. The van der Waals surface area contributed by atoms with E-state index in [9.17, 15) is 17.6 Å². The van der Waals surface area contributed by atoms with Crippen LogP contribution in [0.5, 0.6) is 11.6 Å². The van der Waals surface area contributed by atoms with Gasteiger partial charge in [0.05, 0.1) is 11.3 Å². The molecule has 0 aliphatic rings. The molecular formula is C17H9ClF4N2O. The Labute approximate surface area is 144 Å². The summed E-state index contributed by atoms with van der Waals surface area (Å²) >= 11 is 5.82. The Morgan fingerprint density at radius 1 is 0.920 bits per heavy atom. The SMILES string of the molecule is Fc1ccc(Oc2cc(-c3ccc(Cl)cc3)ncn2)cc1C(F)(F)F. The maximum atomic E-state index is 13.3. The molecule has 0 radical (unpaired) electrons. The molecule has 1 aromatic heterocycles. The normalized spacial score (nSPS) is 11.4. The van der Waals surface area contributed by atoms with Gasteiger partial charge in [0, 0.05) is 16.7 Å². The van der Waals surface area contributed by atoms with E-state index < -0.39 is 17.6 Å². The maximum absolute atomic E-state index is 13.3. The summed E-state index contributed by atoms with van der Waals surface area (Å²) in [4.78, 5) is 7.94. The number of benzene rings is 2. The van der Waals surface area contributed by atoms with Crippen molar-refractivity contribution in [1.29, 1.82) is 0 Å². The Bertz CT molecular complexity index is 898. The van der Waals surface area contributed by atoms with Gasteiger partial charge in [-0.3, -0.25) is 0 Å². The van der Waals surface area contributed by atoms with Crippen molar-refractivity contribution in [2.75, 3.05) is 0 Å². The van der Waals surface area contributed by atoms with Crippen molar-refractivity contribution >= 4 is 11.6 Å². The summed E-state index contributed by atoms with van der Waals surface area (Å²) in [5, 5.41) is 0.556. The molecule has 0 aliphatic heterocycles. The zero-order valence-electron chi connectivity index (χ0n) is 12.4. The minimum absolute atomic E-state index is 0.0275. The van der Waals surface area contributed by atoms with E-state index in [1.165, 1.54) is 12.4 Å². The molecule has 0 amide bonds. The molecule has 0 fully saturated rings. The van der Waals surface area contributed by atoms with E-state index in [4.69, 9.17) is 16.3 Å². The second-order valence-corrected chi connectivity index (χ2v) is 5.43. The van der Waals surface area contributed by atoms with Gasteiger partial charge in [0.1, 0.15) is 17.9 Å². The Balaban J connectivity index is 1.89. The fourth-order valence-electron chi connectivity index (χ4n) is 2.08. The summed E-state index contributed by atoms with van der Waals surface area (Å²) in [6.45, 7) is 0. The second-order valence-electron chi connectivity index (χ2n) is 4.99. The first-order valence-electron chi connectivity index (χ1n) is 6.95. The van der Waals surface area contributed by atoms with E-state index in [1.807, 2.05) is 0 Å². The van der Waals surface area contributed by atoms with Crippen molar-refractivity contribution in [2.45, 2.75) is 6.18 Å². The molecule has 0 unspecified atom stereocenters. The third-order valence-corrected chi connectivity index (χ3v) is 3.50. The van der Waals surface area contributed by atoms with E-state index in [1.54, 1.807) is 24.3 Å². The van der Waals surface area contributed by atoms with Gasteiger partial charge < -0.3 is 4.74 Å². The highest BCUT2D eigenvalue weighted by Crippen LogP contribution is 2.34. The maximum Gasteiger partial charge on any atom is 0.419 e. The first kappa shape index (κ1) is 17.2. The molecule has 1 heterocycles. The zero-order valence-corrected chi connectivity index (χ0v) is 13.1. The van der Waals surface area contributed by atoms with Crippen LogP contribution >= 0.6 is 11.6 Å². The van der Waals surface area contributed by atoms with Crippen LogP contribution in [-0.2, 0) is 6.18 Å². The van der Waals surface area contributed by atoms with Crippen molar-refractivity contribution in [1.82, 2.24) is 9.97 Å². The van der Waals surface area contributed by atoms with E-state index >= 15 is 0 Å². The highest BCUT2D eigenvalue weighted by atomic mass is 35.5. The summed E-state index contributed by atoms with van der Waals surface area (Å²) in [6.07, 6.45) is -3.60. The summed E-state index contributed by atoms with van der Waals surface area (Å²) in [7, 11) is 0. The molecule has 3 rings (SSSR count). The molecular weight excluding hydrogens is 360 g/mol. The molecule has 0 bridgehead atoms. The predicted molar refractivity (Wildman–Crippen MR) is 84.0 cm³/mol. The van der Waals surface area contributed by atoms with Gasteiger partial charge >= 0.3 is 6.18 Å². The van der Waals surface area contributed by atoms with E-state index in [-0.39, 0.29) is 11.6 Å². The third kappa shape index (κ3) is 4.06. The average Bonchev–Trinajstić information content (AvgIpc) is 2.56. The van der Waals surface area contributed by atoms with Crippen LogP contribution in [0.15, 0.2) is 54.9 Å². The lowest BCUT2D eigenvalue weighted by Gasteiger charge is -2.11. The number of hydrogen-bond donors (Lipinski definition) is 0. The summed E-state index contributed by atoms with van der Waals surface area (Å²) in [5.41, 5.74) is -0.177. The van der Waals surface area contributed by atoms with Crippen LogP contribution < -0.4 is 4.74 Å². The summed E-state index contributed by atoms with van der Waals surface area (Å²) < 4.78 is 56.9. The standard InChI is InChI=1S/C17H9ClF4N2O/c18-11-3-1-10(2-4-11)15-8-16(24-9-23-15)25-12-5-6-14(19)13(7-12)17(20,21)22/h1-9H. The van der Waals surface area contributed by atoms with E-state index in [2.05, 4.69) is 9.97 Å². The number of nitrogens with zero attached hydrogens (tertiary/aromatic N) is 2. The lowest BCUT2D eigenvalue weighted by atomic mass is 10.1. The largest absolute Gasteiger partial charge is 0.439 e. The number of aromatic nitrogens is 2. The first-order valence-corrected chi connectivity index (χ1v) is 7.33. The summed E-state index contributed by atoms with van der Waals surface area (Å²) in [6, 6.07) is 10.6. The number of hydrogen-bond acceptors (Lipinski definition) is 3. The monoisotopic (exact) mass is 368 g/mol. The van der Waals surface area contributed by atoms with Crippen molar-refractivity contribution in [2.24, 2.45) is 0 Å². The molecule has 0 aliphatic carbocycles. The molecule has 0 N–H and O–H groups in total. The van der Waals surface area contributed by atoms with Crippen molar-refractivity contribution in [3.05, 3.63) is 71.3 Å². The number of rotatable bonds is 3. The van der Waals surface area contributed by atoms with Crippen LogP contribution in [0.4, 0.5) is 17.6 Å². The molecule has 25 heavy (non-hydrogen) atoms. The third-order valence-electron chi connectivity index (χ3n) is 3.25. The lowest BCUT2D eigenvalue weighted by molar-refractivity contribution is -0.140. The molecule has 3 nitrogen and oxygen atoms in total. The topological polar surface area (TPSA) is 35.0 Å². The van der Waals surface area contributed by atoms with Gasteiger partial charge in [0.25, 0.3) is 0 Å². The van der Waals surface area contributed by atoms with Gasteiger partial charge in [-0.1, -0.05) is 23.7 Å². The van der Waals surface area contributed by atoms with Crippen molar-refractivity contribution < 1.29 is 22.3 Å². The van der Waals surface area contributed by atoms with Gasteiger partial charge in [-0.15, -0.1) is 0 Å². The molecule has 8 heteroatoms. The highest BCUT2D eigenvalue weighted by molar-refractivity contribution is 6.30. The van der Waals surface area contributed by atoms with Crippen molar-refractivity contribution in [3.63, 3.8) is 0 Å². The van der Waals surface area contributed by atoms with Crippen molar-refractivity contribution in [3.8, 4) is 22.9 Å². The predicted octanol–water partition coefficient (Wildman–Crippen LogP) is 5.75. The molecule has 3 aromatic rings. The van der Waals surface area contributed by atoms with Gasteiger partial charge in [-0.05, 0) is 30.3 Å². The van der Waals surface area contributed by atoms with Crippen LogP contribution in [0.3, 0.4) is 0 Å². The van der Waals surface area contributed by atoms with Gasteiger partial charge in [-0.2, -0.15) is 13.2 Å². The molecule has 0 spiro atoms. The Kier molecular flexibility index (Phi) is 4.59. The first-order chi connectivity index (χ1) is 11.8. The molecule has 128 valence electrons. The number of alkyl halides is 3. The Morgan fingerprint density at radius 2 is 1.64 bits per heavy atom. The minimum atomic E-state index is -4.82. The highest BCUT2D eigenvalue weighted by Gasteiger charge is 2.34. The smallest absolute Gasteiger partial charge is 0.419 e. The summed E-state index contributed by atoms with van der Waals surface area (Å²) in [5.74, 6) is -1.53. The van der Waals surface area contributed by atoms with Gasteiger partial charge in [-0.25, -0.2) is 14.4 Å². The van der Waals surface area contributed by atoms with Gasteiger partial charge in [0.15, 0.2) is 0 Å². The Hall–Kier alpha value is -2.67. The zero-order chi connectivity index (χ0) is 18.0. The molecule has 0 atom stereocenters. The minimum Gasteiger partial charge on any atom is -0.439 e. The fraction of sp³-hybridized carbons (Fsp3) is 0.0588. The van der Waals surface area contributed by atoms with E-state index in [0.717, 1.165) is 11.6 Å². The Morgan fingerprint density at radius 3 is 2.32 bits per heavy atom. The average molecular weight is 369 g/mol. The quantitative estimate of drug-likeness (QED) is 0.552. The van der Waals surface area contributed by atoms with Crippen LogP contribution in [0.25, 0.3) is 11.3 Å².